The molecule has 0 radical (unpaired) electrons. The van der Waals surface area contributed by atoms with E-state index in [1.54, 1.807) is 0 Å². The summed E-state index contributed by atoms with van der Waals surface area (Å²) in [6.07, 6.45) is 1.30. The first-order valence-electron chi connectivity index (χ1n) is 6.20. The molecule has 1 N–H and O–H groups in total. The Kier molecular flexibility index (Phi) is 4.69. The number of anilines is 1. The Balaban J connectivity index is 2.14. The van der Waals surface area contributed by atoms with Crippen molar-refractivity contribution >= 4 is 39.0 Å². The van der Waals surface area contributed by atoms with Gasteiger partial charge < -0.3 is 15.4 Å². The van der Waals surface area contributed by atoms with Crippen LogP contribution in [0, 0.1) is 27.2 Å². The second-order valence-corrected chi connectivity index (χ2v) is 5.36. The Morgan fingerprint density at radius 1 is 1.35 bits per heavy atom. The highest BCUT2D eigenvalue weighted by atomic mass is 79.9. The average Bonchev–Trinajstić information content (AvgIpc) is 2.81. The lowest BCUT2D eigenvalue weighted by molar-refractivity contribution is -0.390. The molecule has 0 spiro atoms. The number of aromatic nitrogens is 2. The standard InChI is InChI=1S/C12H10BrN5O5/c1-7-9(3-2-4-10(7)17(20)21)14-11(19)6-16-5-8(13)12(15-16)18(22)23/h2-5H,6H2,1H3,(H,14,19). The predicted molar refractivity (Wildman–Crippen MR) is 83.0 cm³/mol. The summed E-state index contributed by atoms with van der Waals surface area (Å²) in [4.78, 5) is 32.3. The van der Waals surface area contributed by atoms with Crippen molar-refractivity contribution in [2.45, 2.75) is 13.5 Å². The zero-order valence-corrected chi connectivity index (χ0v) is 13.3. The van der Waals surface area contributed by atoms with Gasteiger partial charge in [0.05, 0.1) is 27.5 Å². The maximum absolute atomic E-state index is 12.0. The number of nitro benzene ring substituents is 1. The molecule has 0 atom stereocenters. The molecule has 11 heteroatoms. The molecule has 0 aliphatic heterocycles. The summed E-state index contributed by atoms with van der Waals surface area (Å²) in [7, 11) is 0. The first-order valence-corrected chi connectivity index (χ1v) is 7.00. The molecule has 0 saturated heterocycles. The highest BCUT2D eigenvalue weighted by molar-refractivity contribution is 9.10. The molecule has 1 amide bonds. The lowest BCUT2D eigenvalue weighted by Crippen LogP contribution is -2.19. The number of nitro groups is 2. The molecule has 0 unspecified atom stereocenters. The van der Waals surface area contributed by atoms with Gasteiger partial charge in [-0.1, -0.05) is 6.07 Å². The zero-order chi connectivity index (χ0) is 17.1. The Bertz CT molecular complexity index is 803. The molecule has 10 nitrogen and oxygen atoms in total. The van der Waals surface area contributed by atoms with Gasteiger partial charge in [-0.15, -0.1) is 0 Å². The van der Waals surface area contributed by atoms with Crippen LogP contribution in [0.15, 0.2) is 28.9 Å². The van der Waals surface area contributed by atoms with Gasteiger partial charge in [-0.2, -0.15) is 4.68 Å². The van der Waals surface area contributed by atoms with E-state index in [-0.39, 0.29) is 16.7 Å². The topological polar surface area (TPSA) is 133 Å². The van der Waals surface area contributed by atoms with Crippen LogP contribution in [0.2, 0.25) is 0 Å². The molecular weight excluding hydrogens is 374 g/mol. The van der Waals surface area contributed by atoms with Crippen molar-refractivity contribution in [3.63, 3.8) is 0 Å². The van der Waals surface area contributed by atoms with E-state index < -0.39 is 21.6 Å². The smallest absolute Gasteiger partial charge is 0.358 e. The van der Waals surface area contributed by atoms with E-state index in [4.69, 9.17) is 0 Å². The number of nitrogens with zero attached hydrogens (tertiary/aromatic N) is 4. The molecule has 1 aromatic heterocycles. The average molecular weight is 384 g/mol. The number of rotatable bonds is 5. The highest BCUT2D eigenvalue weighted by Crippen LogP contribution is 2.25. The first-order chi connectivity index (χ1) is 10.8. The fourth-order valence-electron chi connectivity index (χ4n) is 1.89. The van der Waals surface area contributed by atoms with Crippen molar-refractivity contribution in [2.75, 3.05) is 5.32 Å². The summed E-state index contributed by atoms with van der Waals surface area (Å²) < 4.78 is 1.26. The molecule has 0 saturated carbocycles. The van der Waals surface area contributed by atoms with Crippen LogP contribution in [0.25, 0.3) is 0 Å². The van der Waals surface area contributed by atoms with Crippen LogP contribution in [0.5, 0.6) is 0 Å². The van der Waals surface area contributed by atoms with Gasteiger partial charge in [0.15, 0.2) is 0 Å². The van der Waals surface area contributed by atoms with E-state index in [0.717, 1.165) is 4.68 Å². The molecule has 2 aromatic rings. The Hall–Kier alpha value is -2.82. The number of hydrogen-bond donors (Lipinski definition) is 1. The number of hydrogen-bond acceptors (Lipinski definition) is 6. The van der Waals surface area contributed by atoms with Crippen molar-refractivity contribution in [2.24, 2.45) is 0 Å². The zero-order valence-electron chi connectivity index (χ0n) is 11.7. The van der Waals surface area contributed by atoms with Crippen LogP contribution in [-0.4, -0.2) is 25.5 Å². The quantitative estimate of drug-likeness (QED) is 0.622. The normalized spacial score (nSPS) is 10.3. The van der Waals surface area contributed by atoms with Crippen LogP contribution in [0.3, 0.4) is 0 Å². The van der Waals surface area contributed by atoms with E-state index in [1.807, 2.05) is 0 Å². The number of halogens is 1. The number of carbonyl (C=O) groups is 1. The third kappa shape index (κ3) is 3.69. The van der Waals surface area contributed by atoms with Crippen LogP contribution >= 0.6 is 15.9 Å². The monoisotopic (exact) mass is 383 g/mol. The molecule has 120 valence electrons. The molecule has 0 bridgehead atoms. The fourth-order valence-corrected chi connectivity index (χ4v) is 2.35. The molecule has 2 rings (SSSR count). The van der Waals surface area contributed by atoms with Crippen molar-refractivity contribution in [1.82, 2.24) is 9.78 Å². The summed E-state index contributed by atoms with van der Waals surface area (Å²) in [5.74, 6) is -0.914. The second-order valence-electron chi connectivity index (χ2n) is 4.51. The van der Waals surface area contributed by atoms with Crippen LogP contribution in [-0.2, 0) is 11.3 Å². The minimum Gasteiger partial charge on any atom is -0.358 e. The number of amides is 1. The molecular formula is C12H10BrN5O5. The minimum atomic E-state index is -0.677. The highest BCUT2D eigenvalue weighted by Gasteiger charge is 2.20. The summed E-state index contributed by atoms with van der Waals surface area (Å²) in [5.41, 5.74) is 0.503. The fraction of sp³-hybridized carbons (Fsp3) is 0.167. The van der Waals surface area contributed by atoms with E-state index >= 15 is 0 Å². The lowest BCUT2D eigenvalue weighted by atomic mass is 10.1. The minimum absolute atomic E-state index is 0.111. The van der Waals surface area contributed by atoms with Gasteiger partial charge in [-0.25, -0.2) is 0 Å². The maximum atomic E-state index is 12.0. The van der Waals surface area contributed by atoms with Crippen molar-refractivity contribution < 1.29 is 14.6 Å². The number of benzene rings is 1. The Morgan fingerprint density at radius 2 is 2.04 bits per heavy atom. The second kappa shape index (κ2) is 6.52. The summed E-state index contributed by atoms with van der Waals surface area (Å²) in [5, 5.41) is 27.7. The first kappa shape index (κ1) is 16.5. The van der Waals surface area contributed by atoms with Crippen LogP contribution in [0.4, 0.5) is 17.2 Å². The largest absolute Gasteiger partial charge is 0.404 e. The van der Waals surface area contributed by atoms with Gasteiger partial charge in [0.2, 0.25) is 5.91 Å². The maximum Gasteiger partial charge on any atom is 0.404 e. The Labute approximate surface area is 137 Å². The van der Waals surface area contributed by atoms with E-state index in [0.29, 0.717) is 11.3 Å². The van der Waals surface area contributed by atoms with Gasteiger partial charge in [0.25, 0.3) is 5.69 Å². The Morgan fingerprint density at radius 3 is 2.61 bits per heavy atom. The molecule has 0 aliphatic rings. The van der Waals surface area contributed by atoms with E-state index in [9.17, 15) is 25.0 Å². The van der Waals surface area contributed by atoms with Crippen LogP contribution < -0.4 is 5.32 Å². The van der Waals surface area contributed by atoms with Gasteiger partial charge in [-0.3, -0.25) is 14.9 Å². The lowest BCUT2D eigenvalue weighted by Gasteiger charge is -2.07. The third-order valence-corrected chi connectivity index (χ3v) is 3.51. The molecule has 0 fully saturated rings. The molecule has 1 heterocycles. The van der Waals surface area contributed by atoms with Crippen molar-refractivity contribution in [1.29, 1.82) is 0 Å². The van der Waals surface area contributed by atoms with Crippen molar-refractivity contribution in [3.8, 4) is 0 Å². The number of nitrogens with one attached hydrogen (secondary N) is 1. The summed E-state index contributed by atoms with van der Waals surface area (Å²) in [6.45, 7) is 1.25. The van der Waals surface area contributed by atoms with Gasteiger partial charge in [0, 0.05) is 6.07 Å². The molecule has 0 aliphatic carbocycles. The van der Waals surface area contributed by atoms with Crippen molar-refractivity contribution in [3.05, 3.63) is 54.7 Å². The van der Waals surface area contributed by atoms with E-state index in [1.165, 1.54) is 31.3 Å². The summed E-state index contributed by atoms with van der Waals surface area (Å²) in [6, 6.07) is 4.32. The SMILES string of the molecule is Cc1c(NC(=O)Cn2cc(Br)c([N+](=O)[O-])n2)cccc1[N+](=O)[O-]. The van der Waals surface area contributed by atoms with E-state index in [2.05, 4.69) is 26.3 Å². The molecule has 1 aromatic carbocycles. The molecule has 23 heavy (non-hydrogen) atoms. The third-order valence-electron chi connectivity index (χ3n) is 2.95. The number of carbonyl (C=O) groups excluding carboxylic acids is 1. The predicted octanol–water partition coefficient (Wildman–Crippen LogP) is 2.41. The van der Waals surface area contributed by atoms with Crippen LogP contribution in [0.1, 0.15) is 5.56 Å². The van der Waals surface area contributed by atoms with Gasteiger partial charge in [0.1, 0.15) is 11.0 Å². The summed E-state index contributed by atoms with van der Waals surface area (Å²) >= 11 is 2.98. The van der Waals surface area contributed by atoms with Gasteiger partial charge in [-0.05, 0) is 33.8 Å². The van der Waals surface area contributed by atoms with Gasteiger partial charge >= 0.3 is 5.82 Å².